The van der Waals surface area contributed by atoms with Gasteiger partial charge in [-0.15, -0.1) is 0 Å². The molecule has 0 N–H and O–H groups in total. The highest BCUT2D eigenvalue weighted by molar-refractivity contribution is 5.89. The van der Waals surface area contributed by atoms with Crippen molar-refractivity contribution in [3.63, 3.8) is 0 Å². The second kappa shape index (κ2) is 15.1. The van der Waals surface area contributed by atoms with E-state index in [9.17, 15) is 0 Å². The zero-order chi connectivity index (χ0) is 42.8. The van der Waals surface area contributed by atoms with Gasteiger partial charge in [0.2, 0.25) is 0 Å². The molecule has 3 aliphatic rings. The van der Waals surface area contributed by atoms with E-state index in [2.05, 4.69) is 196 Å². The summed E-state index contributed by atoms with van der Waals surface area (Å²) in [5.74, 6) is 4.46. The second-order valence-electron chi connectivity index (χ2n) is 17.2. The number of para-hydroxylation sites is 1. The molecule has 304 valence electrons. The number of rotatable bonds is 6. The Kier molecular flexibility index (Phi) is 8.94. The third-order valence-corrected chi connectivity index (χ3v) is 13.6. The van der Waals surface area contributed by atoms with E-state index < -0.39 is 5.41 Å². The lowest BCUT2D eigenvalue weighted by molar-refractivity contribution is 0.436. The fourth-order valence-electron chi connectivity index (χ4n) is 10.4. The zero-order valence-electron chi connectivity index (χ0n) is 35.6. The monoisotopic (exact) mass is 821 g/mol. The Hall–Kier alpha value is -7.95. The average molecular weight is 822 g/mol. The molecule has 0 saturated heterocycles. The molecule has 1 aromatic heterocycles. The maximum atomic E-state index is 6.80. The summed E-state index contributed by atoms with van der Waals surface area (Å²) in [6.45, 7) is 4.54. The Morgan fingerprint density at radius 3 is 1.56 bits per heavy atom. The first-order valence-electron chi connectivity index (χ1n) is 22.1. The van der Waals surface area contributed by atoms with Crippen LogP contribution in [-0.4, -0.2) is 15.0 Å². The van der Waals surface area contributed by atoms with Gasteiger partial charge in [-0.05, 0) is 80.6 Å². The predicted molar refractivity (Wildman–Crippen MR) is 259 cm³/mol. The van der Waals surface area contributed by atoms with Gasteiger partial charge < -0.3 is 4.74 Å². The van der Waals surface area contributed by atoms with Crippen molar-refractivity contribution in [2.75, 3.05) is 0 Å². The quantitative estimate of drug-likeness (QED) is 0.168. The van der Waals surface area contributed by atoms with Crippen molar-refractivity contribution in [1.82, 2.24) is 15.0 Å². The minimum Gasteiger partial charge on any atom is -0.457 e. The van der Waals surface area contributed by atoms with Crippen LogP contribution in [0.4, 0.5) is 0 Å². The number of allylic oxidation sites excluding steroid dienone is 4. The summed E-state index contributed by atoms with van der Waals surface area (Å²) in [6.07, 6.45) is 8.93. The lowest BCUT2D eigenvalue weighted by atomic mass is 9.66. The van der Waals surface area contributed by atoms with Crippen molar-refractivity contribution in [2.24, 2.45) is 5.92 Å². The van der Waals surface area contributed by atoms with E-state index >= 15 is 0 Å². The van der Waals surface area contributed by atoms with Crippen LogP contribution in [0.1, 0.15) is 46.2 Å². The average Bonchev–Trinajstić information content (AvgIpc) is 3.65. The number of hydrogen-bond acceptors (Lipinski definition) is 4. The van der Waals surface area contributed by atoms with E-state index in [-0.39, 0.29) is 0 Å². The summed E-state index contributed by atoms with van der Waals surface area (Å²) in [5, 5.41) is 0. The first-order chi connectivity index (χ1) is 31.5. The molecule has 9 aromatic rings. The number of hydrogen-bond donors (Lipinski definition) is 0. The normalized spacial score (nSPS) is 16.1. The van der Waals surface area contributed by atoms with Crippen LogP contribution in [0.15, 0.2) is 212 Å². The summed E-state index contributed by atoms with van der Waals surface area (Å²) < 4.78 is 6.80. The van der Waals surface area contributed by atoms with Gasteiger partial charge in [-0.2, -0.15) is 0 Å². The molecular formula is C60H43N3O. The van der Waals surface area contributed by atoms with Crippen LogP contribution in [0, 0.1) is 12.8 Å². The molecule has 4 heteroatoms. The number of nitrogens with zero attached hydrogens (tertiary/aromatic N) is 3. The molecule has 0 radical (unpaired) electrons. The largest absolute Gasteiger partial charge is 0.457 e. The Balaban J connectivity index is 0.897. The first kappa shape index (κ1) is 37.8. The highest BCUT2D eigenvalue weighted by Gasteiger charge is 2.50. The Morgan fingerprint density at radius 2 is 0.906 bits per heavy atom. The first-order valence-corrected chi connectivity index (χ1v) is 22.1. The summed E-state index contributed by atoms with van der Waals surface area (Å²) in [4.78, 5) is 15.2. The number of ether oxygens (including phenoxy) is 1. The van der Waals surface area contributed by atoms with Crippen molar-refractivity contribution < 1.29 is 4.74 Å². The van der Waals surface area contributed by atoms with E-state index in [4.69, 9.17) is 19.7 Å². The highest BCUT2D eigenvalue weighted by Crippen LogP contribution is 2.62. The third-order valence-electron chi connectivity index (χ3n) is 13.6. The fourth-order valence-corrected chi connectivity index (χ4v) is 10.4. The van der Waals surface area contributed by atoms with E-state index in [1.54, 1.807) is 0 Å². The topological polar surface area (TPSA) is 47.9 Å². The van der Waals surface area contributed by atoms with Gasteiger partial charge in [0.25, 0.3) is 0 Å². The van der Waals surface area contributed by atoms with Gasteiger partial charge in [0.15, 0.2) is 17.5 Å². The molecule has 8 aromatic carbocycles. The fraction of sp³-hybridized carbons (Fsp3) is 0.0833. The molecule has 12 rings (SSSR count). The van der Waals surface area contributed by atoms with Crippen molar-refractivity contribution in [1.29, 1.82) is 0 Å². The molecule has 2 aliphatic carbocycles. The van der Waals surface area contributed by atoms with Crippen molar-refractivity contribution in [2.45, 2.75) is 25.2 Å². The summed E-state index contributed by atoms with van der Waals surface area (Å²) in [6, 6.07) is 66.9. The molecule has 2 heterocycles. The molecule has 0 bridgehead atoms. The Labute approximate surface area is 374 Å². The molecule has 0 saturated carbocycles. The molecule has 4 nitrogen and oxygen atoms in total. The number of fused-ring (bicyclic) bond motifs is 9. The van der Waals surface area contributed by atoms with Crippen molar-refractivity contribution in [3.05, 3.63) is 246 Å². The van der Waals surface area contributed by atoms with Gasteiger partial charge in [-0.3, -0.25) is 0 Å². The van der Waals surface area contributed by atoms with Gasteiger partial charge in [0.05, 0.1) is 5.41 Å². The van der Waals surface area contributed by atoms with Gasteiger partial charge in [0.1, 0.15) is 11.5 Å². The van der Waals surface area contributed by atoms with Crippen LogP contribution >= 0.6 is 0 Å². The second-order valence-corrected chi connectivity index (χ2v) is 17.2. The zero-order valence-corrected chi connectivity index (χ0v) is 35.6. The number of aromatic nitrogens is 3. The van der Waals surface area contributed by atoms with E-state index in [0.29, 0.717) is 29.3 Å². The summed E-state index contributed by atoms with van der Waals surface area (Å²) in [7, 11) is 0. The van der Waals surface area contributed by atoms with Crippen LogP contribution in [0.25, 0.3) is 67.5 Å². The van der Waals surface area contributed by atoms with Crippen LogP contribution < -0.4 is 4.74 Å². The van der Waals surface area contributed by atoms with E-state index in [1.807, 2.05) is 30.3 Å². The van der Waals surface area contributed by atoms with E-state index in [1.165, 1.54) is 50.1 Å². The minimum absolute atomic E-state index is 0.366. The van der Waals surface area contributed by atoms with Crippen LogP contribution in [0.5, 0.6) is 11.5 Å². The minimum atomic E-state index is -0.486. The SMILES string of the molecule is Cc1c(-c2ccc(-c3nc(-c4ccccc4)nc(-c4ccc(-c5ccc6c(c5)Oc5ccccc5C65c6ccccc6-c6ccccc65)cc4)n3)cc2)cccc1C1C=CC=CC1C. The molecular weight excluding hydrogens is 779 g/mol. The summed E-state index contributed by atoms with van der Waals surface area (Å²) in [5.41, 5.74) is 17.0. The van der Waals surface area contributed by atoms with Gasteiger partial charge in [-0.1, -0.05) is 207 Å². The van der Waals surface area contributed by atoms with Gasteiger partial charge in [0, 0.05) is 33.7 Å². The summed E-state index contributed by atoms with van der Waals surface area (Å²) >= 11 is 0. The smallest absolute Gasteiger partial charge is 0.164 e. The van der Waals surface area contributed by atoms with Gasteiger partial charge >= 0.3 is 0 Å². The molecule has 1 spiro atoms. The standard InChI is InChI=1S/C60H43N3O/c1-38-15-6-7-18-46(38)48-22-14-21-47(39(48)2)41-29-33-44(34-30-41)59-62-57(42-16-4-3-5-17-42)61-58(63-59)43-31-27-40(28-32-43)45-35-36-54-56(37-45)64-55-26-13-12-25-53(55)60(54)51-23-10-8-19-49(51)50-20-9-11-24-52(50)60/h3-38,46H,1-2H3. The van der Waals surface area contributed by atoms with Gasteiger partial charge in [-0.25, -0.2) is 15.0 Å². The van der Waals surface area contributed by atoms with E-state index in [0.717, 1.165) is 44.9 Å². The molecule has 2 atom stereocenters. The lowest BCUT2D eigenvalue weighted by Gasteiger charge is -2.39. The molecule has 2 unspecified atom stereocenters. The van der Waals surface area contributed by atoms with Crippen LogP contribution in [-0.2, 0) is 5.41 Å². The molecule has 64 heavy (non-hydrogen) atoms. The van der Waals surface area contributed by atoms with Crippen LogP contribution in [0.2, 0.25) is 0 Å². The third kappa shape index (κ3) is 6.01. The predicted octanol–water partition coefficient (Wildman–Crippen LogP) is 14.8. The maximum absolute atomic E-state index is 6.80. The molecule has 0 amide bonds. The lowest BCUT2D eigenvalue weighted by Crippen LogP contribution is -2.32. The highest BCUT2D eigenvalue weighted by atomic mass is 16.5. The Morgan fingerprint density at radius 1 is 0.406 bits per heavy atom. The molecule has 0 fully saturated rings. The van der Waals surface area contributed by atoms with Crippen molar-refractivity contribution in [3.8, 4) is 79.0 Å². The molecule has 1 aliphatic heterocycles. The van der Waals surface area contributed by atoms with Crippen molar-refractivity contribution >= 4 is 0 Å². The van der Waals surface area contributed by atoms with Crippen LogP contribution in [0.3, 0.4) is 0 Å². The maximum Gasteiger partial charge on any atom is 0.164 e. The number of benzene rings is 8. The Bertz CT molecular complexity index is 3280.